The van der Waals surface area contributed by atoms with E-state index in [1.807, 2.05) is 12.1 Å². The van der Waals surface area contributed by atoms with Crippen molar-refractivity contribution in [2.24, 2.45) is 0 Å². The third kappa shape index (κ3) is 5.04. The number of carbonyl (C=O) groups is 1. The van der Waals surface area contributed by atoms with E-state index in [4.69, 9.17) is 11.6 Å². The van der Waals surface area contributed by atoms with Crippen molar-refractivity contribution in [3.8, 4) is 0 Å². The Kier molecular flexibility index (Phi) is 6.22. The van der Waals surface area contributed by atoms with E-state index in [1.54, 1.807) is 30.5 Å². The van der Waals surface area contributed by atoms with Crippen LogP contribution in [-0.4, -0.2) is 17.4 Å². The van der Waals surface area contributed by atoms with Crippen molar-refractivity contribution in [2.75, 3.05) is 17.2 Å². The molecule has 0 radical (unpaired) electrons. The quantitative estimate of drug-likeness (QED) is 0.734. The van der Waals surface area contributed by atoms with E-state index in [0.29, 0.717) is 16.3 Å². The second kappa shape index (κ2) is 8.39. The van der Waals surface area contributed by atoms with Gasteiger partial charge in [-0.25, -0.2) is 4.98 Å². The zero-order valence-electron chi connectivity index (χ0n) is 12.6. The Labute approximate surface area is 135 Å². The van der Waals surface area contributed by atoms with Gasteiger partial charge in [-0.2, -0.15) is 0 Å². The molecule has 0 saturated carbocycles. The first-order chi connectivity index (χ1) is 10.7. The van der Waals surface area contributed by atoms with Gasteiger partial charge in [0.05, 0.1) is 11.9 Å². The van der Waals surface area contributed by atoms with Crippen molar-refractivity contribution in [3.05, 3.63) is 53.2 Å². The first-order valence-electron chi connectivity index (χ1n) is 7.46. The number of carbonyl (C=O) groups excluding carboxylic acids is 1. The van der Waals surface area contributed by atoms with E-state index in [-0.39, 0.29) is 5.91 Å². The highest BCUT2D eigenvalue weighted by molar-refractivity contribution is 6.31. The molecule has 1 aromatic heterocycles. The van der Waals surface area contributed by atoms with Crippen molar-refractivity contribution in [3.63, 3.8) is 0 Å². The van der Waals surface area contributed by atoms with Gasteiger partial charge in [0.1, 0.15) is 5.82 Å². The number of hydrogen-bond donors (Lipinski definition) is 2. The van der Waals surface area contributed by atoms with Crippen LogP contribution in [0.4, 0.5) is 11.5 Å². The molecule has 0 spiro atoms. The smallest absolute Gasteiger partial charge is 0.255 e. The summed E-state index contributed by atoms with van der Waals surface area (Å²) in [5.74, 6) is 0.616. The Balaban J connectivity index is 1.89. The van der Waals surface area contributed by atoms with Gasteiger partial charge in [0.25, 0.3) is 5.91 Å². The lowest BCUT2D eigenvalue weighted by Crippen LogP contribution is -2.12. The molecule has 2 aromatic rings. The van der Waals surface area contributed by atoms with Gasteiger partial charge in [-0.15, -0.1) is 0 Å². The van der Waals surface area contributed by atoms with E-state index in [2.05, 4.69) is 22.5 Å². The number of nitrogens with one attached hydrogen (secondary N) is 2. The molecule has 0 bridgehead atoms. The highest BCUT2D eigenvalue weighted by Crippen LogP contribution is 2.14. The van der Waals surface area contributed by atoms with Gasteiger partial charge in [-0.1, -0.05) is 37.4 Å². The second-order valence-electron chi connectivity index (χ2n) is 5.03. The van der Waals surface area contributed by atoms with Crippen molar-refractivity contribution >= 4 is 29.0 Å². The summed E-state index contributed by atoms with van der Waals surface area (Å²) < 4.78 is 0. The zero-order chi connectivity index (χ0) is 15.8. The Hall–Kier alpha value is -2.07. The van der Waals surface area contributed by atoms with Gasteiger partial charge >= 0.3 is 0 Å². The normalized spacial score (nSPS) is 10.3. The van der Waals surface area contributed by atoms with Crippen molar-refractivity contribution in [1.82, 2.24) is 4.98 Å². The molecule has 1 aromatic carbocycles. The highest BCUT2D eigenvalue weighted by Gasteiger charge is 2.06. The maximum absolute atomic E-state index is 12.1. The van der Waals surface area contributed by atoms with Crippen LogP contribution < -0.4 is 10.6 Å². The Morgan fingerprint density at radius 2 is 2.09 bits per heavy atom. The molecule has 2 N–H and O–H groups in total. The number of hydrogen-bond acceptors (Lipinski definition) is 3. The minimum atomic E-state index is -0.201. The number of halogens is 1. The molecule has 4 nitrogen and oxygen atoms in total. The number of unbranched alkanes of at least 4 members (excludes halogenated alkanes) is 2. The summed E-state index contributed by atoms with van der Waals surface area (Å²) >= 11 is 5.88. The molecule has 0 fully saturated rings. The number of nitrogens with zero attached hydrogens (tertiary/aromatic N) is 1. The van der Waals surface area contributed by atoms with E-state index in [1.165, 1.54) is 12.8 Å². The fourth-order valence-electron chi connectivity index (χ4n) is 2.00. The van der Waals surface area contributed by atoms with Crippen LogP contribution in [0.3, 0.4) is 0 Å². The first-order valence-corrected chi connectivity index (χ1v) is 7.83. The van der Waals surface area contributed by atoms with Crippen LogP contribution in [-0.2, 0) is 0 Å². The van der Waals surface area contributed by atoms with Gasteiger partial charge in [0.15, 0.2) is 0 Å². The monoisotopic (exact) mass is 317 g/mol. The average Bonchev–Trinajstić information content (AvgIpc) is 2.53. The minimum absolute atomic E-state index is 0.201. The topological polar surface area (TPSA) is 54.0 Å². The largest absolute Gasteiger partial charge is 0.370 e. The van der Waals surface area contributed by atoms with Crippen LogP contribution in [0.5, 0.6) is 0 Å². The van der Waals surface area contributed by atoms with Gasteiger partial charge in [0, 0.05) is 17.1 Å². The first kappa shape index (κ1) is 16.3. The molecule has 2 rings (SSSR count). The summed E-state index contributed by atoms with van der Waals surface area (Å²) in [7, 11) is 0. The molecule has 0 saturated heterocycles. The predicted molar refractivity (Wildman–Crippen MR) is 91.7 cm³/mol. The van der Waals surface area contributed by atoms with Crippen LogP contribution in [0.2, 0.25) is 5.02 Å². The maximum atomic E-state index is 12.1. The lowest BCUT2D eigenvalue weighted by molar-refractivity contribution is 0.102. The fraction of sp³-hybridized carbons (Fsp3) is 0.294. The van der Waals surface area contributed by atoms with Crippen molar-refractivity contribution < 1.29 is 4.79 Å². The van der Waals surface area contributed by atoms with Crippen molar-refractivity contribution in [2.45, 2.75) is 26.2 Å². The molecular weight excluding hydrogens is 298 g/mol. The summed E-state index contributed by atoms with van der Waals surface area (Å²) in [5.41, 5.74) is 1.18. The Morgan fingerprint density at radius 1 is 1.23 bits per heavy atom. The lowest BCUT2D eigenvalue weighted by Gasteiger charge is -2.08. The van der Waals surface area contributed by atoms with Crippen LogP contribution in [0.1, 0.15) is 36.5 Å². The van der Waals surface area contributed by atoms with E-state index < -0.39 is 0 Å². The molecule has 0 aliphatic carbocycles. The third-order valence-corrected chi connectivity index (χ3v) is 3.43. The van der Waals surface area contributed by atoms with Crippen LogP contribution in [0, 0.1) is 0 Å². The van der Waals surface area contributed by atoms with E-state index >= 15 is 0 Å². The summed E-state index contributed by atoms with van der Waals surface area (Å²) in [6.45, 7) is 3.09. The molecule has 5 heteroatoms. The third-order valence-electron chi connectivity index (χ3n) is 3.19. The molecule has 22 heavy (non-hydrogen) atoms. The number of pyridine rings is 1. The summed E-state index contributed by atoms with van der Waals surface area (Å²) in [6, 6.07) is 10.5. The number of benzene rings is 1. The molecule has 0 aliphatic heterocycles. The number of aromatic nitrogens is 1. The zero-order valence-corrected chi connectivity index (χ0v) is 13.4. The molecular formula is C17H20ClN3O. The van der Waals surface area contributed by atoms with Gasteiger partial charge in [0.2, 0.25) is 0 Å². The van der Waals surface area contributed by atoms with Crippen LogP contribution in [0.25, 0.3) is 0 Å². The molecule has 0 aliphatic rings. The molecule has 0 unspecified atom stereocenters. The minimum Gasteiger partial charge on any atom is -0.370 e. The molecule has 1 heterocycles. The summed E-state index contributed by atoms with van der Waals surface area (Å²) in [4.78, 5) is 16.4. The second-order valence-corrected chi connectivity index (χ2v) is 5.47. The molecule has 1 amide bonds. The standard InChI is InChI=1S/C17H20ClN3O/c1-2-3-4-10-19-16-9-8-15(12-20-16)21-17(22)13-6-5-7-14(18)11-13/h5-9,11-12H,2-4,10H2,1H3,(H,19,20)(H,21,22). The van der Waals surface area contributed by atoms with E-state index in [0.717, 1.165) is 18.8 Å². The number of rotatable bonds is 7. The lowest BCUT2D eigenvalue weighted by atomic mass is 10.2. The Morgan fingerprint density at radius 3 is 2.77 bits per heavy atom. The van der Waals surface area contributed by atoms with Crippen LogP contribution >= 0.6 is 11.6 Å². The summed E-state index contributed by atoms with van der Waals surface area (Å²) in [6.07, 6.45) is 5.18. The van der Waals surface area contributed by atoms with Crippen LogP contribution in [0.15, 0.2) is 42.6 Å². The average molecular weight is 318 g/mol. The maximum Gasteiger partial charge on any atom is 0.255 e. The van der Waals surface area contributed by atoms with E-state index in [9.17, 15) is 4.79 Å². The highest BCUT2D eigenvalue weighted by atomic mass is 35.5. The number of anilines is 2. The fourth-order valence-corrected chi connectivity index (χ4v) is 2.19. The van der Waals surface area contributed by atoms with Gasteiger partial charge in [-0.3, -0.25) is 4.79 Å². The van der Waals surface area contributed by atoms with Gasteiger partial charge in [-0.05, 0) is 36.8 Å². The SMILES string of the molecule is CCCCCNc1ccc(NC(=O)c2cccc(Cl)c2)cn1. The summed E-state index contributed by atoms with van der Waals surface area (Å²) in [5, 5.41) is 6.60. The predicted octanol–water partition coefficient (Wildman–Crippen LogP) is 4.59. The molecule has 116 valence electrons. The number of amides is 1. The van der Waals surface area contributed by atoms with Crippen molar-refractivity contribution in [1.29, 1.82) is 0 Å². The molecule has 0 atom stereocenters. The van der Waals surface area contributed by atoms with Gasteiger partial charge < -0.3 is 10.6 Å². The Bertz CT molecular complexity index is 614.